The lowest BCUT2D eigenvalue weighted by molar-refractivity contribution is 0.131. The van der Waals surface area contributed by atoms with Crippen molar-refractivity contribution in [3.63, 3.8) is 0 Å². The van der Waals surface area contributed by atoms with Crippen molar-refractivity contribution < 1.29 is 4.84 Å². The molecule has 1 rings (SSSR count). The van der Waals surface area contributed by atoms with E-state index in [9.17, 15) is 0 Å². The van der Waals surface area contributed by atoms with E-state index in [2.05, 4.69) is 12.1 Å². The molecule has 1 aromatic carbocycles. The molecular weight excluding hydrogens is 162 g/mol. The molecule has 13 heavy (non-hydrogen) atoms. The molecule has 0 saturated carbocycles. The van der Waals surface area contributed by atoms with E-state index in [1.54, 1.807) is 0 Å². The Labute approximate surface area is 79.2 Å². The third-order valence-electron chi connectivity index (χ3n) is 1.64. The Kier molecular flexibility index (Phi) is 4.69. The minimum absolute atomic E-state index is 0.557. The van der Waals surface area contributed by atoms with Gasteiger partial charge in [-0.2, -0.15) is 0 Å². The first-order chi connectivity index (χ1) is 6.43. The number of unbranched alkanes of at least 4 members (excludes halogenated alkanes) is 1. The van der Waals surface area contributed by atoms with Crippen molar-refractivity contribution in [3.05, 3.63) is 35.9 Å². The van der Waals surface area contributed by atoms with E-state index < -0.39 is 0 Å². The maximum Gasteiger partial charge on any atom is 0.142 e. The van der Waals surface area contributed by atoms with Crippen LogP contribution in [0.3, 0.4) is 0 Å². The summed E-state index contributed by atoms with van der Waals surface area (Å²) in [6.45, 7) is 2.67. The molecule has 0 heterocycles. The molecule has 0 aliphatic carbocycles. The zero-order chi connectivity index (χ0) is 9.36. The maximum absolute atomic E-state index is 5.09. The van der Waals surface area contributed by atoms with Crippen molar-refractivity contribution >= 4 is 6.21 Å². The van der Waals surface area contributed by atoms with Gasteiger partial charge in [-0.25, -0.2) is 0 Å². The molecular formula is C11H15NO. The van der Waals surface area contributed by atoms with Gasteiger partial charge in [-0.3, -0.25) is 0 Å². The smallest absolute Gasteiger partial charge is 0.142 e. The minimum Gasteiger partial charge on any atom is -0.391 e. The van der Waals surface area contributed by atoms with Crippen LogP contribution < -0.4 is 0 Å². The van der Waals surface area contributed by atoms with Crippen LogP contribution in [0.25, 0.3) is 0 Å². The van der Waals surface area contributed by atoms with Gasteiger partial charge in [-0.05, 0) is 12.0 Å². The average Bonchev–Trinajstić information content (AvgIpc) is 2.19. The molecule has 0 amide bonds. The van der Waals surface area contributed by atoms with Gasteiger partial charge < -0.3 is 4.84 Å². The molecule has 0 unspecified atom stereocenters. The number of nitrogens with zero attached hydrogens (tertiary/aromatic N) is 1. The van der Waals surface area contributed by atoms with Gasteiger partial charge in [-0.1, -0.05) is 48.8 Å². The molecule has 0 saturated heterocycles. The quantitative estimate of drug-likeness (QED) is 0.500. The normalized spacial score (nSPS) is 10.5. The first kappa shape index (κ1) is 9.78. The summed E-state index contributed by atoms with van der Waals surface area (Å²) in [6, 6.07) is 10.0. The highest BCUT2D eigenvalue weighted by Gasteiger charge is 1.88. The van der Waals surface area contributed by atoms with Gasteiger partial charge in [-0.15, -0.1) is 0 Å². The van der Waals surface area contributed by atoms with Gasteiger partial charge >= 0.3 is 0 Å². The molecule has 0 bridgehead atoms. The number of hydrogen-bond acceptors (Lipinski definition) is 2. The molecule has 2 heteroatoms. The molecule has 0 spiro atoms. The van der Waals surface area contributed by atoms with E-state index in [1.165, 1.54) is 0 Å². The maximum atomic E-state index is 5.09. The Morgan fingerprint density at radius 3 is 2.77 bits per heavy atom. The Balaban J connectivity index is 2.20. The summed E-state index contributed by atoms with van der Waals surface area (Å²) in [6.07, 6.45) is 3.90. The van der Waals surface area contributed by atoms with Gasteiger partial charge in [0.15, 0.2) is 0 Å². The summed E-state index contributed by atoms with van der Waals surface area (Å²) < 4.78 is 0. The van der Waals surface area contributed by atoms with E-state index in [1.807, 2.05) is 36.5 Å². The average molecular weight is 177 g/mol. The number of hydrogen-bond donors (Lipinski definition) is 0. The van der Waals surface area contributed by atoms with Gasteiger partial charge in [0.1, 0.15) is 6.61 Å². The SMILES string of the molecule is CCCC=NOCc1ccccc1. The molecule has 0 radical (unpaired) electrons. The number of oxime groups is 1. The van der Waals surface area contributed by atoms with Crippen LogP contribution in [0, 0.1) is 0 Å². The van der Waals surface area contributed by atoms with Crippen molar-refractivity contribution in [1.29, 1.82) is 0 Å². The predicted octanol–water partition coefficient (Wildman–Crippen LogP) is 2.99. The topological polar surface area (TPSA) is 21.6 Å². The van der Waals surface area contributed by atoms with E-state index in [-0.39, 0.29) is 0 Å². The summed E-state index contributed by atoms with van der Waals surface area (Å²) in [5.41, 5.74) is 1.15. The summed E-state index contributed by atoms with van der Waals surface area (Å²) in [7, 11) is 0. The molecule has 0 atom stereocenters. The number of rotatable bonds is 5. The molecule has 0 aliphatic heterocycles. The van der Waals surface area contributed by atoms with Crippen molar-refractivity contribution in [1.82, 2.24) is 0 Å². The molecule has 0 aromatic heterocycles. The third kappa shape index (κ3) is 4.31. The van der Waals surface area contributed by atoms with Crippen LogP contribution in [0.5, 0.6) is 0 Å². The lowest BCUT2D eigenvalue weighted by Crippen LogP contribution is -1.86. The molecule has 0 aliphatic rings. The fourth-order valence-corrected chi connectivity index (χ4v) is 0.921. The first-order valence-corrected chi connectivity index (χ1v) is 4.61. The third-order valence-corrected chi connectivity index (χ3v) is 1.64. The van der Waals surface area contributed by atoms with Crippen LogP contribution in [0.1, 0.15) is 25.3 Å². The molecule has 0 fully saturated rings. The zero-order valence-corrected chi connectivity index (χ0v) is 7.94. The fourth-order valence-electron chi connectivity index (χ4n) is 0.921. The van der Waals surface area contributed by atoms with Crippen LogP contribution in [-0.2, 0) is 11.4 Å². The molecule has 70 valence electrons. The van der Waals surface area contributed by atoms with Gasteiger partial charge in [0.05, 0.1) is 0 Å². The van der Waals surface area contributed by atoms with Gasteiger partial charge in [0.2, 0.25) is 0 Å². The Bertz CT molecular complexity index is 244. The second-order valence-electron chi connectivity index (χ2n) is 2.84. The van der Waals surface area contributed by atoms with E-state index in [0.717, 1.165) is 18.4 Å². The molecule has 2 nitrogen and oxygen atoms in total. The van der Waals surface area contributed by atoms with Crippen molar-refractivity contribution in [2.45, 2.75) is 26.4 Å². The van der Waals surface area contributed by atoms with Crippen LogP contribution in [0.2, 0.25) is 0 Å². The van der Waals surface area contributed by atoms with Crippen LogP contribution in [-0.4, -0.2) is 6.21 Å². The summed E-state index contributed by atoms with van der Waals surface area (Å²) in [5, 5.41) is 3.83. The highest BCUT2D eigenvalue weighted by molar-refractivity contribution is 5.55. The van der Waals surface area contributed by atoms with Crippen LogP contribution in [0.15, 0.2) is 35.5 Å². The second kappa shape index (κ2) is 6.23. The summed E-state index contributed by atoms with van der Waals surface area (Å²) in [5.74, 6) is 0. The standard InChI is InChI=1S/C11H15NO/c1-2-3-9-12-13-10-11-7-5-4-6-8-11/h4-9H,2-3,10H2,1H3. The Morgan fingerprint density at radius 1 is 1.31 bits per heavy atom. The zero-order valence-electron chi connectivity index (χ0n) is 7.94. The van der Waals surface area contributed by atoms with Crippen molar-refractivity contribution in [3.8, 4) is 0 Å². The lowest BCUT2D eigenvalue weighted by Gasteiger charge is -1.97. The van der Waals surface area contributed by atoms with E-state index >= 15 is 0 Å². The summed E-state index contributed by atoms with van der Waals surface area (Å²) >= 11 is 0. The predicted molar refractivity (Wildman–Crippen MR) is 54.6 cm³/mol. The summed E-state index contributed by atoms with van der Waals surface area (Å²) in [4.78, 5) is 5.09. The largest absolute Gasteiger partial charge is 0.391 e. The van der Waals surface area contributed by atoms with Gasteiger partial charge in [0.25, 0.3) is 0 Å². The minimum atomic E-state index is 0.557. The van der Waals surface area contributed by atoms with Gasteiger partial charge in [0, 0.05) is 6.21 Å². The Morgan fingerprint density at radius 2 is 2.08 bits per heavy atom. The monoisotopic (exact) mass is 177 g/mol. The van der Waals surface area contributed by atoms with Crippen molar-refractivity contribution in [2.24, 2.45) is 5.16 Å². The highest BCUT2D eigenvalue weighted by atomic mass is 16.6. The lowest BCUT2D eigenvalue weighted by atomic mass is 10.2. The Hall–Kier alpha value is -1.31. The first-order valence-electron chi connectivity index (χ1n) is 4.61. The second-order valence-corrected chi connectivity index (χ2v) is 2.84. The molecule has 0 N–H and O–H groups in total. The van der Waals surface area contributed by atoms with E-state index in [0.29, 0.717) is 6.61 Å². The fraction of sp³-hybridized carbons (Fsp3) is 0.364. The number of benzene rings is 1. The van der Waals surface area contributed by atoms with Crippen LogP contribution >= 0.6 is 0 Å². The van der Waals surface area contributed by atoms with Crippen molar-refractivity contribution in [2.75, 3.05) is 0 Å². The van der Waals surface area contributed by atoms with E-state index in [4.69, 9.17) is 4.84 Å². The molecule has 1 aromatic rings. The van der Waals surface area contributed by atoms with Crippen LogP contribution in [0.4, 0.5) is 0 Å². The highest BCUT2D eigenvalue weighted by Crippen LogP contribution is 2.00.